The van der Waals surface area contributed by atoms with Crippen molar-refractivity contribution in [2.24, 2.45) is 0 Å². The standard InChI is InChI=1S/C16H14N2O/c1-11-4-7-16(14(17)9-11)19-13-6-5-12-3-2-8-18-15(12)10-13/h2-10H,17H2,1H3. The summed E-state index contributed by atoms with van der Waals surface area (Å²) >= 11 is 0. The number of aryl methyl sites for hydroxylation is 1. The molecule has 2 aromatic carbocycles. The fourth-order valence-corrected chi connectivity index (χ4v) is 2.00. The van der Waals surface area contributed by atoms with Crippen molar-refractivity contribution in [3.05, 3.63) is 60.3 Å². The maximum absolute atomic E-state index is 5.94. The number of rotatable bonds is 2. The number of nitrogens with two attached hydrogens (primary N) is 1. The summed E-state index contributed by atoms with van der Waals surface area (Å²) in [6.45, 7) is 2.00. The lowest BCUT2D eigenvalue weighted by Gasteiger charge is -2.09. The fourth-order valence-electron chi connectivity index (χ4n) is 2.00. The van der Waals surface area contributed by atoms with Crippen molar-refractivity contribution in [1.82, 2.24) is 4.98 Å². The molecule has 0 saturated carbocycles. The number of nitrogens with zero attached hydrogens (tertiary/aromatic N) is 1. The summed E-state index contributed by atoms with van der Waals surface area (Å²) in [7, 11) is 0. The van der Waals surface area contributed by atoms with Gasteiger partial charge in [-0.25, -0.2) is 0 Å². The van der Waals surface area contributed by atoms with Crippen LogP contribution in [0.15, 0.2) is 54.7 Å². The normalized spacial score (nSPS) is 10.6. The van der Waals surface area contributed by atoms with E-state index in [4.69, 9.17) is 10.5 Å². The molecule has 2 N–H and O–H groups in total. The van der Waals surface area contributed by atoms with Crippen LogP contribution >= 0.6 is 0 Å². The molecule has 0 unspecified atom stereocenters. The molecule has 0 spiro atoms. The highest BCUT2D eigenvalue weighted by Gasteiger charge is 2.03. The minimum absolute atomic E-state index is 0.640. The number of benzene rings is 2. The van der Waals surface area contributed by atoms with E-state index in [-0.39, 0.29) is 0 Å². The van der Waals surface area contributed by atoms with Gasteiger partial charge in [0, 0.05) is 17.6 Å². The van der Waals surface area contributed by atoms with E-state index in [1.807, 2.05) is 55.5 Å². The first-order valence-electron chi connectivity index (χ1n) is 6.11. The molecule has 0 atom stereocenters. The minimum Gasteiger partial charge on any atom is -0.455 e. The predicted molar refractivity (Wildman–Crippen MR) is 77.4 cm³/mol. The van der Waals surface area contributed by atoms with Gasteiger partial charge in [-0.1, -0.05) is 12.1 Å². The second-order valence-corrected chi connectivity index (χ2v) is 4.50. The first-order chi connectivity index (χ1) is 9.22. The number of nitrogen functional groups attached to an aromatic ring is 1. The van der Waals surface area contributed by atoms with Gasteiger partial charge < -0.3 is 10.5 Å². The van der Waals surface area contributed by atoms with Crippen LogP contribution < -0.4 is 10.5 Å². The lowest BCUT2D eigenvalue weighted by Crippen LogP contribution is -1.92. The second-order valence-electron chi connectivity index (χ2n) is 4.50. The third kappa shape index (κ3) is 2.36. The van der Waals surface area contributed by atoms with Crippen LogP contribution in [0.5, 0.6) is 11.5 Å². The Morgan fingerprint density at radius 3 is 2.79 bits per heavy atom. The molecule has 0 aliphatic carbocycles. The summed E-state index contributed by atoms with van der Waals surface area (Å²) < 4.78 is 5.81. The summed E-state index contributed by atoms with van der Waals surface area (Å²) in [5.41, 5.74) is 8.60. The quantitative estimate of drug-likeness (QED) is 0.701. The summed E-state index contributed by atoms with van der Waals surface area (Å²) in [5.74, 6) is 1.41. The molecule has 0 bridgehead atoms. The van der Waals surface area contributed by atoms with Crippen LogP contribution in [0.3, 0.4) is 0 Å². The van der Waals surface area contributed by atoms with E-state index in [9.17, 15) is 0 Å². The molecule has 94 valence electrons. The van der Waals surface area contributed by atoms with Crippen LogP contribution in [0.25, 0.3) is 10.9 Å². The van der Waals surface area contributed by atoms with Crippen molar-refractivity contribution in [1.29, 1.82) is 0 Å². The number of fused-ring (bicyclic) bond motifs is 1. The number of ether oxygens (including phenoxy) is 1. The number of hydrogen-bond acceptors (Lipinski definition) is 3. The highest BCUT2D eigenvalue weighted by atomic mass is 16.5. The molecule has 0 aliphatic rings. The molecule has 1 heterocycles. The summed E-state index contributed by atoms with van der Waals surface area (Å²) in [6, 6.07) is 15.5. The Morgan fingerprint density at radius 1 is 1.05 bits per heavy atom. The van der Waals surface area contributed by atoms with E-state index in [1.54, 1.807) is 6.20 Å². The summed E-state index contributed by atoms with van der Waals surface area (Å²) in [4.78, 5) is 4.31. The zero-order valence-electron chi connectivity index (χ0n) is 10.6. The van der Waals surface area contributed by atoms with Crippen molar-refractivity contribution in [2.75, 3.05) is 5.73 Å². The van der Waals surface area contributed by atoms with Gasteiger partial charge in [-0.2, -0.15) is 0 Å². The Kier molecular flexibility index (Phi) is 2.80. The van der Waals surface area contributed by atoms with Crippen LogP contribution in [0, 0.1) is 6.92 Å². The molecule has 3 heteroatoms. The average molecular weight is 250 g/mol. The van der Waals surface area contributed by atoms with E-state index >= 15 is 0 Å². The molecule has 0 saturated heterocycles. The topological polar surface area (TPSA) is 48.1 Å². The van der Waals surface area contributed by atoms with E-state index in [0.717, 1.165) is 22.2 Å². The van der Waals surface area contributed by atoms with Crippen LogP contribution in [0.4, 0.5) is 5.69 Å². The van der Waals surface area contributed by atoms with Crippen molar-refractivity contribution in [3.63, 3.8) is 0 Å². The first-order valence-corrected chi connectivity index (χ1v) is 6.11. The molecule has 3 aromatic rings. The third-order valence-corrected chi connectivity index (χ3v) is 2.97. The molecule has 0 aliphatic heterocycles. The van der Waals surface area contributed by atoms with E-state index in [0.29, 0.717) is 11.4 Å². The largest absolute Gasteiger partial charge is 0.455 e. The van der Waals surface area contributed by atoms with E-state index < -0.39 is 0 Å². The fraction of sp³-hybridized carbons (Fsp3) is 0.0625. The Hall–Kier alpha value is -2.55. The minimum atomic E-state index is 0.640. The molecule has 1 aromatic heterocycles. The van der Waals surface area contributed by atoms with Crippen molar-refractivity contribution in [2.45, 2.75) is 6.92 Å². The van der Waals surface area contributed by atoms with Gasteiger partial charge in [0.1, 0.15) is 11.5 Å². The lowest BCUT2D eigenvalue weighted by molar-refractivity contribution is 0.485. The van der Waals surface area contributed by atoms with Crippen molar-refractivity contribution in [3.8, 4) is 11.5 Å². The van der Waals surface area contributed by atoms with Crippen LogP contribution in [0.1, 0.15) is 5.56 Å². The molecule has 0 amide bonds. The molecule has 3 nitrogen and oxygen atoms in total. The van der Waals surface area contributed by atoms with Gasteiger partial charge in [0.25, 0.3) is 0 Å². The molecule has 3 rings (SSSR count). The SMILES string of the molecule is Cc1ccc(Oc2ccc3cccnc3c2)c(N)c1. The number of pyridine rings is 1. The lowest BCUT2D eigenvalue weighted by atomic mass is 10.2. The smallest absolute Gasteiger partial charge is 0.150 e. The second kappa shape index (κ2) is 4.61. The Balaban J connectivity index is 1.96. The van der Waals surface area contributed by atoms with Gasteiger partial charge in [0.2, 0.25) is 0 Å². The summed E-state index contributed by atoms with van der Waals surface area (Å²) in [6.07, 6.45) is 1.77. The van der Waals surface area contributed by atoms with Crippen LogP contribution in [-0.4, -0.2) is 4.98 Å². The predicted octanol–water partition coefficient (Wildman–Crippen LogP) is 3.92. The Labute approximate surface area is 111 Å². The van der Waals surface area contributed by atoms with Gasteiger partial charge >= 0.3 is 0 Å². The Bertz CT molecular complexity index is 738. The molecule has 19 heavy (non-hydrogen) atoms. The first kappa shape index (κ1) is 11.5. The summed E-state index contributed by atoms with van der Waals surface area (Å²) in [5, 5.41) is 1.09. The molecular formula is C16H14N2O. The van der Waals surface area contributed by atoms with Crippen LogP contribution in [0.2, 0.25) is 0 Å². The maximum atomic E-state index is 5.94. The monoisotopic (exact) mass is 250 g/mol. The maximum Gasteiger partial charge on any atom is 0.150 e. The van der Waals surface area contributed by atoms with Gasteiger partial charge in [0.05, 0.1) is 11.2 Å². The third-order valence-electron chi connectivity index (χ3n) is 2.97. The molecular weight excluding hydrogens is 236 g/mol. The number of aromatic nitrogens is 1. The van der Waals surface area contributed by atoms with Crippen molar-refractivity contribution < 1.29 is 4.74 Å². The highest BCUT2D eigenvalue weighted by molar-refractivity contribution is 5.79. The zero-order valence-corrected chi connectivity index (χ0v) is 10.6. The van der Waals surface area contributed by atoms with Gasteiger partial charge in [-0.05, 0) is 42.8 Å². The number of anilines is 1. The van der Waals surface area contributed by atoms with Gasteiger partial charge in [-0.15, -0.1) is 0 Å². The van der Waals surface area contributed by atoms with Crippen LogP contribution in [-0.2, 0) is 0 Å². The molecule has 0 fully saturated rings. The highest BCUT2D eigenvalue weighted by Crippen LogP contribution is 2.29. The zero-order chi connectivity index (χ0) is 13.2. The van der Waals surface area contributed by atoms with E-state index in [2.05, 4.69) is 4.98 Å². The molecule has 0 radical (unpaired) electrons. The average Bonchev–Trinajstić information content (AvgIpc) is 2.42. The Morgan fingerprint density at radius 2 is 1.95 bits per heavy atom. The van der Waals surface area contributed by atoms with Gasteiger partial charge in [-0.3, -0.25) is 4.98 Å². The number of hydrogen-bond donors (Lipinski definition) is 1. The van der Waals surface area contributed by atoms with Gasteiger partial charge in [0.15, 0.2) is 0 Å². The van der Waals surface area contributed by atoms with Crippen molar-refractivity contribution >= 4 is 16.6 Å². The van der Waals surface area contributed by atoms with E-state index in [1.165, 1.54) is 0 Å².